The van der Waals surface area contributed by atoms with Gasteiger partial charge >= 0.3 is 5.97 Å². The number of hydrogen-bond donors (Lipinski definition) is 0. The number of hydrogen-bond acceptors (Lipinski definition) is 3. The summed E-state index contributed by atoms with van der Waals surface area (Å²) in [5, 5.41) is 0. The van der Waals surface area contributed by atoms with Crippen molar-refractivity contribution < 1.29 is 9.53 Å². The van der Waals surface area contributed by atoms with Crippen LogP contribution in [-0.2, 0) is 22.5 Å². The van der Waals surface area contributed by atoms with Crippen molar-refractivity contribution in [3.05, 3.63) is 89.0 Å². The molecule has 2 aromatic carbocycles. The molecule has 0 saturated carbocycles. The fourth-order valence-electron chi connectivity index (χ4n) is 2.62. The van der Waals surface area contributed by atoms with Gasteiger partial charge in [-0.3, -0.25) is 4.79 Å². The van der Waals surface area contributed by atoms with Gasteiger partial charge in [0.05, 0.1) is 19.9 Å². The van der Waals surface area contributed by atoms with Gasteiger partial charge in [0.15, 0.2) is 0 Å². The highest BCUT2D eigenvalue weighted by molar-refractivity contribution is 5.72. The molecule has 0 amide bonds. The van der Waals surface area contributed by atoms with Crippen LogP contribution in [0.15, 0.2) is 61.2 Å². The minimum atomic E-state index is -0.241. The van der Waals surface area contributed by atoms with Crippen molar-refractivity contribution in [3.8, 4) is 11.8 Å². The largest absolute Gasteiger partial charge is 0.469 e. The Morgan fingerprint density at radius 3 is 2.50 bits per heavy atom. The third kappa shape index (κ3) is 4.61. The van der Waals surface area contributed by atoms with E-state index in [1.54, 1.807) is 6.20 Å². The number of methoxy groups -OCH3 is 1. The molecule has 1 heterocycles. The van der Waals surface area contributed by atoms with Gasteiger partial charge in [0.1, 0.15) is 0 Å². The highest BCUT2D eigenvalue weighted by Gasteiger charge is 2.02. The molecular formula is C22H20N2O2. The lowest BCUT2D eigenvalue weighted by molar-refractivity contribution is -0.139. The van der Waals surface area contributed by atoms with Crippen LogP contribution in [0.2, 0.25) is 0 Å². The summed E-state index contributed by atoms with van der Waals surface area (Å²) in [6.07, 6.45) is 5.83. The molecule has 0 radical (unpaired) electrons. The predicted octanol–water partition coefficient (Wildman–Crippen LogP) is 3.36. The molecule has 0 aliphatic heterocycles. The number of carbonyl (C=O) groups excluding carboxylic acids is 1. The zero-order valence-corrected chi connectivity index (χ0v) is 14.9. The Morgan fingerprint density at radius 1 is 1.12 bits per heavy atom. The third-order valence-corrected chi connectivity index (χ3v) is 4.14. The maximum Gasteiger partial charge on any atom is 0.309 e. The second-order valence-electron chi connectivity index (χ2n) is 6.08. The fourth-order valence-corrected chi connectivity index (χ4v) is 2.62. The fraction of sp³-hybridized carbons (Fsp3) is 0.182. The quantitative estimate of drug-likeness (QED) is 0.538. The molecule has 0 aliphatic carbocycles. The van der Waals surface area contributed by atoms with E-state index in [2.05, 4.69) is 40.6 Å². The smallest absolute Gasteiger partial charge is 0.309 e. The number of imidazole rings is 1. The number of nitrogens with zero attached hydrogens (tertiary/aromatic N) is 2. The van der Waals surface area contributed by atoms with Crippen LogP contribution >= 0.6 is 0 Å². The summed E-state index contributed by atoms with van der Waals surface area (Å²) in [5.41, 5.74) is 5.27. The van der Waals surface area contributed by atoms with Crippen LogP contribution in [0.5, 0.6) is 0 Å². The Morgan fingerprint density at radius 2 is 1.85 bits per heavy atom. The van der Waals surface area contributed by atoms with Crippen LogP contribution in [0.25, 0.3) is 0 Å². The number of ether oxygens (including phenoxy) is 1. The molecule has 130 valence electrons. The Balaban J connectivity index is 1.69. The van der Waals surface area contributed by atoms with Crippen LogP contribution in [-0.4, -0.2) is 22.6 Å². The van der Waals surface area contributed by atoms with Gasteiger partial charge in [-0.25, -0.2) is 4.98 Å². The maximum absolute atomic E-state index is 11.3. The van der Waals surface area contributed by atoms with Crippen molar-refractivity contribution in [2.45, 2.75) is 19.9 Å². The second-order valence-corrected chi connectivity index (χ2v) is 6.08. The van der Waals surface area contributed by atoms with Crippen molar-refractivity contribution >= 4 is 5.97 Å². The molecule has 0 bridgehead atoms. The van der Waals surface area contributed by atoms with Gasteiger partial charge in [-0.05, 0) is 47.9 Å². The zero-order chi connectivity index (χ0) is 18.4. The first kappa shape index (κ1) is 17.5. The standard InChI is InChI=1S/C22H20N2O2/c1-17-13-19(9-10-21(17)15-24-12-11-23-16-24)6-3-18-4-7-20(8-5-18)14-22(25)26-2/h4-5,7-13,16H,14-15H2,1-2H3. The molecule has 0 spiro atoms. The molecule has 0 saturated heterocycles. The Bertz CT molecular complexity index is 946. The molecule has 26 heavy (non-hydrogen) atoms. The highest BCUT2D eigenvalue weighted by Crippen LogP contribution is 2.12. The SMILES string of the molecule is COC(=O)Cc1ccc(C#Cc2ccc(Cn3ccnc3)c(C)c2)cc1. The average Bonchev–Trinajstić information content (AvgIpc) is 3.16. The van der Waals surface area contributed by atoms with Crippen LogP contribution < -0.4 is 0 Å². The molecule has 4 heteroatoms. The molecule has 1 aromatic heterocycles. The lowest BCUT2D eigenvalue weighted by Gasteiger charge is -2.07. The summed E-state index contributed by atoms with van der Waals surface area (Å²) in [6, 6.07) is 13.9. The summed E-state index contributed by atoms with van der Waals surface area (Å²) >= 11 is 0. The first-order valence-electron chi connectivity index (χ1n) is 8.37. The molecule has 3 rings (SSSR count). The summed E-state index contributed by atoms with van der Waals surface area (Å²) in [6.45, 7) is 2.90. The minimum Gasteiger partial charge on any atom is -0.469 e. The Kier molecular flexibility index (Phi) is 5.50. The summed E-state index contributed by atoms with van der Waals surface area (Å²) < 4.78 is 6.72. The molecule has 3 aromatic rings. The summed E-state index contributed by atoms with van der Waals surface area (Å²) in [7, 11) is 1.39. The van der Waals surface area contributed by atoms with Crippen LogP contribution in [0, 0.1) is 18.8 Å². The van der Waals surface area contributed by atoms with E-state index in [9.17, 15) is 4.79 Å². The predicted molar refractivity (Wildman–Crippen MR) is 101 cm³/mol. The van der Waals surface area contributed by atoms with Crippen molar-refractivity contribution in [2.24, 2.45) is 0 Å². The zero-order valence-electron chi connectivity index (χ0n) is 14.9. The lowest BCUT2D eigenvalue weighted by atomic mass is 10.0. The van der Waals surface area contributed by atoms with E-state index in [-0.39, 0.29) is 12.4 Å². The van der Waals surface area contributed by atoms with Crippen molar-refractivity contribution in [1.29, 1.82) is 0 Å². The van der Waals surface area contributed by atoms with Gasteiger partial charge in [-0.1, -0.05) is 30.0 Å². The third-order valence-electron chi connectivity index (χ3n) is 4.14. The minimum absolute atomic E-state index is 0.241. The second kappa shape index (κ2) is 8.17. The monoisotopic (exact) mass is 344 g/mol. The maximum atomic E-state index is 11.3. The normalized spacial score (nSPS) is 10.1. The molecular weight excluding hydrogens is 324 g/mol. The van der Waals surface area contributed by atoms with Crippen molar-refractivity contribution in [1.82, 2.24) is 9.55 Å². The Hall–Kier alpha value is -3.32. The highest BCUT2D eigenvalue weighted by atomic mass is 16.5. The van der Waals surface area contributed by atoms with Crippen LogP contribution in [0.1, 0.15) is 27.8 Å². The van der Waals surface area contributed by atoms with Gasteiger partial charge in [-0.2, -0.15) is 0 Å². The first-order chi connectivity index (χ1) is 12.6. The van der Waals surface area contributed by atoms with Crippen LogP contribution in [0.4, 0.5) is 0 Å². The molecule has 4 nitrogen and oxygen atoms in total. The molecule has 0 unspecified atom stereocenters. The Labute approximate surface area is 153 Å². The van der Waals surface area contributed by atoms with E-state index < -0.39 is 0 Å². The number of benzene rings is 2. The number of rotatable bonds is 4. The van der Waals surface area contributed by atoms with E-state index in [0.29, 0.717) is 0 Å². The van der Waals surface area contributed by atoms with Crippen LogP contribution in [0.3, 0.4) is 0 Å². The topological polar surface area (TPSA) is 44.1 Å². The number of aryl methyl sites for hydroxylation is 1. The molecule has 0 aliphatic rings. The van der Waals surface area contributed by atoms with E-state index >= 15 is 0 Å². The average molecular weight is 344 g/mol. The van der Waals surface area contributed by atoms with E-state index in [1.807, 2.05) is 47.4 Å². The van der Waals surface area contributed by atoms with Gasteiger partial charge < -0.3 is 9.30 Å². The van der Waals surface area contributed by atoms with Gasteiger partial charge in [0.25, 0.3) is 0 Å². The number of aromatic nitrogens is 2. The van der Waals surface area contributed by atoms with E-state index in [4.69, 9.17) is 0 Å². The van der Waals surface area contributed by atoms with Gasteiger partial charge in [-0.15, -0.1) is 0 Å². The van der Waals surface area contributed by atoms with Crippen molar-refractivity contribution in [2.75, 3.05) is 7.11 Å². The summed E-state index contributed by atoms with van der Waals surface area (Å²) in [4.78, 5) is 15.4. The molecule has 0 atom stereocenters. The van der Waals surface area contributed by atoms with Gasteiger partial charge in [0, 0.05) is 30.1 Å². The molecule has 0 fully saturated rings. The van der Waals surface area contributed by atoms with Gasteiger partial charge in [0.2, 0.25) is 0 Å². The van der Waals surface area contributed by atoms with Crippen molar-refractivity contribution in [3.63, 3.8) is 0 Å². The first-order valence-corrected chi connectivity index (χ1v) is 8.37. The number of carbonyl (C=O) groups is 1. The number of esters is 1. The van der Waals surface area contributed by atoms with E-state index in [0.717, 1.165) is 23.2 Å². The summed E-state index contributed by atoms with van der Waals surface area (Å²) in [5.74, 6) is 6.12. The van der Waals surface area contributed by atoms with E-state index in [1.165, 1.54) is 18.2 Å². The molecule has 0 N–H and O–H groups in total. The lowest BCUT2D eigenvalue weighted by Crippen LogP contribution is -2.04.